The third-order valence-corrected chi connectivity index (χ3v) is 4.71. The van der Waals surface area contributed by atoms with Crippen molar-refractivity contribution in [3.8, 4) is 0 Å². The van der Waals surface area contributed by atoms with E-state index in [9.17, 15) is 18.0 Å². The lowest BCUT2D eigenvalue weighted by Gasteiger charge is -2.08. The van der Waals surface area contributed by atoms with E-state index in [-0.39, 0.29) is 16.8 Å². The summed E-state index contributed by atoms with van der Waals surface area (Å²) in [6.07, 6.45) is 1.87. The van der Waals surface area contributed by atoms with E-state index in [1.54, 1.807) is 12.1 Å². The first-order chi connectivity index (χ1) is 10.4. The van der Waals surface area contributed by atoms with Crippen LogP contribution in [-0.4, -0.2) is 39.5 Å². The summed E-state index contributed by atoms with van der Waals surface area (Å²) < 4.78 is 31.4. The van der Waals surface area contributed by atoms with Crippen molar-refractivity contribution >= 4 is 37.8 Å². The molecule has 1 aromatic rings. The summed E-state index contributed by atoms with van der Waals surface area (Å²) >= 11 is 3.17. The van der Waals surface area contributed by atoms with Crippen molar-refractivity contribution in [2.75, 3.05) is 13.2 Å². The lowest BCUT2D eigenvalue weighted by molar-refractivity contribution is -0.147. The summed E-state index contributed by atoms with van der Waals surface area (Å²) in [6, 6.07) is 6.25. The summed E-state index contributed by atoms with van der Waals surface area (Å²) in [5.41, 5.74) is 0. The highest BCUT2D eigenvalue weighted by Gasteiger charge is 2.23. The van der Waals surface area contributed by atoms with Gasteiger partial charge in [0.05, 0.1) is 4.90 Å². The highest BCUT2D eigenvalue weighted by molar-refractivity contribution is 9.10. The first kappa shape index (κ1) is 16.9. The minimum atomic E-state index is -3.81. The fourth-order valence-corrected chi connectivity index (χ4v) is 3.13. The van der Waals surface area contributed by atoms with Crippen LogP contribution in [0.5, 0.6) is 0 Å². The van der Waals surface area contributed by atoms with Gasteiger partial charge in [-0.1, -0.05) is 22.0 Å². The average molecular weight is 391 g/mol. The van der Waals surface area contributed by atoms with Crippen LogP contribution in [0, 0.1) is 0 Å². The van der Waals surface area contributed by atoms with Gasteiger partial charge in [0.25, 0.3) is 5.91 Å². The van der Waals surface area contributed by atoms with Gasteiger partial charge < -0.3 is 10.1 Å². The highest BCUT2D eigenvalue weighted by Crippen LogP contribution is 2.18. The lowest BCUT2D eigenvalue weighted by Crippen LogP contribution is -2.34. The average Bonchev–Trinajstić information content (AvgIpc) is 3.27. The fraction of sp³-hybridized carbons (Fsp3) is 0.385. The lowest BCUT2D eigenvalue weighted by atomic mass is 10.4. The maximum Gasteiger partial charge on any atom is 0.321 e. The molecule has 0 atom stereocenters. The molecule has 0 unspecified atom stereocenters. The molecule has 0 saturated heterocycles. The number of rotatable bonds is 7. The number of hydrogen-bond donors (Lipinski definition) is 2. The normalized spacial score (nSPS) is 14.4. The van der Waals surface area contributed by atoms with Crippen molar-refractivity contribution in [3.05, 3.63) is 28.7 Å². The summed E-state index contributed by atoms with van der Waals surface area (Å²) in [7, 11) is -3.81. The zero-order chi connectivity index (χ0) is 16.2. The van der Waals surface area contributed by atoms with Gasteiger partial charge in [-0.2, -0.15) is 4.72 Å². The van der Waals surface area contributed by atoms with Gasteiger partial charge in [-0.05, 0) is 31.0 Å². The second kappa shape index (κ2) is 7.21. The Morgan fingerprint density at radius 1 is 1.32 bits per heavy atom. The van der Waals surface area contributed by atoms with E-state index in [2.05, 4.69) is 26.0 Å². The monoisotopic (exact) mass is 390 g/mol. The smallest absolute Gasteiger partial charge is 0.321 e. The van der Waals surface area contributed by atoms with Crippen molar-refractivity contribution in [2.45, 2.75) is 23.8 Å². The number of esters is 1. The third-order valence-electron chi connectivity index (χ3n) is 2.82. The third kappa shape index (κ3) is 5.39. The quantitative estimate of drug-likeness (QED) is 0.661. The molecule has 2 rings (SSSR count). The molecule has 1 aliphatic carbocycles. The molecule has 0 radical (unpaired) electrons. The number of nitrogens with one attached hydrogen (secondary N) is 2. The van der Waals surface area contributed by atoms with E-state index in [1.807, 2.05) is 0 Å². The Labute approximate surface area is 136 Å². The number of carbonyl (C=O) groups is 2. The number of sulfonamides is 1. The zero-order valence-electron chi connectivity index (χ0n) is 11.5. The summed E-state index contributed by atoms with van der Waals surface area (Å²) in [6.45, 7) is -0.945. The molecular weight excluding hydrogens is 376 g/mol. The van der Waals surface area contributed by atoms with Crippen LogP contribution in [0.4, 0.5) is 0 Å². The van der Waals surface area contributed by atoms with Crippen LogP contribution in [0.25, 0.3) is 0 Å². The molecule has 1 amide bonds. The van der Waals surface area contributed by atoms with E-state index >= 15 is 0 Å². The number of halogens is 1. The number of carbonyl (C=O) groups excluding carboxylic acids is 2. The largest absolute Gasteiger partial charge is 0.455 e. The molecular formula is C13H15BrN2O5S. The molecule has 1 aliphatic rings. The van der Waals surface area contributed by atoms with Crippen molar-refractivity contribution < 1.29 is 22.7 Å². The van der Waals surface area contributed by atoms with Crippen LogP contribution >= 0.6 is 15.9 Å². The molecule has 0 bridgehead atoms. The van der Waals surface area contributed by atoms with Gasteiger partial charge >= 0.3 is 5.97 Å². The second-order valence-electron chi connectivity index (χ2n) is 4.78. The van der Waals surface area contributed by atoms with Crippen LogP contribution in [0.3, 0.4) is 0 Å². The number of ether oxygens (including phenoxy) is 1. The minimum Gasteiger partial charge on any atom is -0.455 e. The summed E-state index contributed by atoms with van der Waals surface area (Å²) in [5.74, 6) is -1.20. The van der Waals surface area contributed by atoms with Gasteiger partial charge in [0.15, 0.2) is 6.61 Å². The Bertz CT molecular complexity index is 673. The minimum absolute atomic E-state index is 0.0288. The van der Waals surface area contributed by atoms with Crippen molar-refractivity contribution in [1.82, 2.24) is 10.0 Å². The van der Waals surface area contributed by atoms with Gasteiger partial charge in [0.2, 0.25) is 10.0 Å². The Morgan fingerprint density at radius 3 is 2.68 bits per heavy atom. The fourth-order valence-electron chi connectivity index (χ4n) is 1.57. The predicted octanol–water partition coefficient (Wildman–Crippen LogP) is 0.549. The van der Waals surface area contributed by atoms with Gasteiger partial charge in [-0.25, -0.2) is 8.42 Å². The van der Waals surface area contributed by atoms with Crippen LogP contribution < -0.4 is 10.0 Å². The Hall–Kier alpha value is -1.45. The Kier molecular flexibility index (Phi) is 5.54. The highest BCUT2D eigenvalue weighted by atomic mass is 79.9. The van der Waals surface area contributed by atoms with Crippen LogP contribution in [0.1, 0.15) is 12.8 Å². The van der Waals surface area contributed by atoms with Crippen molar-refractivity contribution in [1.29, 1.82) is 0 Å². The van der Waals surface area contributed by atoms with Crippen molar-refractivity contribution in [3.63, 3.8) is 0 Å². The van der Waals surface area contributed by atoms with E-state index in [0.717, 1.165) is 12.8 Å². The first-order valence-corrected chi connectivity index (χ1v) is 8.84. The summed E-state index contributed by atoms with van der Waals surface area (Å²) in [4.78, 5) is 22.8. The van der Waals surface area contributed by atoms with E-state index in [4.69, 9.17) is 4.74 Å². The first-order valence-electron chi connectivity index (χ1n) is 6.57. The molecule has 2 N–H and O–H groups in total. The molecule has 0 spiro atoms. The maximum atomic E-state index is 12.0. The van der Waals surface area contributed by atoms with Crippen LogP contribution in [0.15, 0.2) is 33.6 Å². The number of benzene rings is 1. The standard InChI is InChI=1S/C13H15BrN2O5S/c14-9-2-1-3-11(6-9)22(19,20)15-7-13(18)21-8-12(17)16-10-4-5-10/h1-3,6,10,15H,4-5,7-8H2,(H,16,17). The van der Waals surface area contributed by atoms with E-state index < -0.39 is 29.1 Å². The Balaban J connectivity index is 1.78. The van der Waals surface area contributed by atoms with Gasteiger partial charge in [-0.15, -0.1) is 0 Å². The molecule has 1 aromatic carbocycles. The molecule has 0 aliphatic heterocycles. The topological polar surface area (TPSA) is 102 Å². The predicted molar refractivity (Wildman–Crippen MR) is 81.5 cm³/mol. The molecule has 7 nitrogen and oxygen atoms in total. The molecule has 0 heterocycles. The van der Waals surface area contributed by atoms with E-state index in [1.165, 1.54) is 12.1 Å². The van der Waals surface area contributed by atoms with Crippen LogP contribution in [-0.2, 0) is 24.3 Å². The van der Waals surface area contributed by atoms with Crippen LogP contribution in [0.2, 0.25) is 0 Å². The zero-order valence-corrected chi connectivity index (χ0v) is 13.9. The maximum absolute atomic E-state index is 12.0. The molecule has 9 heteroatoms. The molecule has 120 valence electrons. The number of hydrogen-bond acceptors (Lipinski definition) is 5. The Morgan fingerprint density at radius 2 is 2.05 bits per heavy atom. The second-order valence-corrected chi connectivity index (χ2v) is 7.47. The molecule has 1 fully saturated rings. The van der Waals surface area contributed by atoms with Gasteiger partial charge in [0, 0.05) is 10.5 Å². The molecule has 1 saturated carbocycles. The molecule has 22 heavy (non-hydrogen) atoms. The summed E-state index contributed by atoms with van der Waals surface area (Å²) in [5, 5.41) is 2.65. The SMILES string of the molecule is O=C(COC(=O)CNS(=O)(=O)c1cccc(Br)c1)NC1CC1. The van der Waals surface area contributed by atoms with E-state index in [0.29, 0.717) is 4.47 Å². The van der Waals surface area contributed by atoms with Crippen molar-refractivity contribution in [2.24, 2.45) is 0 Å². The molecule has 0 aromatic heterocycles. The number of amides is 1. The van der Waals surface area contributed by atoms with Gasteiger partial charge in [-0.3, -0.25) is 9.59 Å². The van der Waals surface area contributed by atoms with Gasteiger partial charge in [0.1, 0.15) is 6.54 Å².